The SMILES string of the molecule is C#C.C/C=C(\C)c1cc(Cl)cc(-c2ccccc2)n1.CCC. The molecule has 0 atom stereocenters. The van der Waals surface area contributed by atoms with Crippen molar-refractivity contribution in [2.75, 3.05) is 0 Å². The second-order valence-corrected chi connectivity index (χ2v) is 5.04. The summed E-state index contributed by atoms with van der Waals surface area (Å²) in [6, 6.07) is 13.8. The van der Waals surface area contributed by atoms with E-state index in [2.05, 4.69) is 31.7 Å². The highest BCUT2D eigenvalue weighted by Gasteiger charge is 2.04. The summed E-state index contributed by atoms with van der Waals surface area (Å²) < 4.78 is 0. The lowest BCUT2D eigenvalue weighted by molar-refractivity contribution is 1.09. The van der Waals surface area contributed by atoms with Crippen LogP contribution in [0.1, 0.15) is 39.8 Å². The minimum absolute atomic E-state index is 0.718. The van der Waals surface area contributed by atoms with E-state index in [1.165, 1.54) is 6.42 Å². The molecule has 0 unspecified atom stereocenters. The van der Waals surface area contributed by atoms with E-state index < -0.39 is 0 Å². The van der Waals surface area contributed by atoms with E-state index in [0.29, 0.717) is 0 Å². The Kier molecular flexibility index (Phi) is 10.5. The predicted octanol–water partition coefficient (Wildman–Crippen LogP) is 6.49. The number of rotatable bonds is 2. The number of terminal acetylenes is 1. The van der Waals surface area contributed by atoms with Crippen LogP contribution in [-0.4, -0.2) is 4.98 Å². The van der Waals surface area contributed by atoms with Gasteiger partial charge in [-0.15, -0.1) is 12.8 Å². The number of hydrogen-bond donors (Lipinski definition) is 0. The topological polar surface area (TPSA) is 12.9 Å². The first kappa shape index (κ1) is 20.0. The Balaban J connectivity index is 0.000000789. The summed E-state index contributed by atoms with van der Waals surface area (Å²) >= 11 is 6.13. The van der Waals surface area contributed by atoms with Crippen LogP contribution < -0.4 is 0 Å². The van der Waals surface area contributed by atoms with Crippen LogP contribution in [0, 0.1) is 12.8 Å². The van der Waals surface area contributed by atoms with E-state index in [1.54, 1.807) is 0 Å². The Labute approximate surface area is 140 Å². The zero-order valence-corrected chi connectivity index (χ0v) is 14.6. The number of pyridine rings is 1. The van der Waals surface area contributed by atoms with Crippen molar-refractivity contribution in [3.63, 3.8) is 0 Å². The number of benzene rings is 1. The van der Waals surface area contributed by atoms with Gasteiger partial charge in [0.1, 0.15) is 0 Å². The Hall–Kier alpha value is -2.04. The molecule has 116 valence electrons. The van der Waals surface area contributed by atoms with E-state index in [4.69, 9.17) is 11.6 Å². The van der Waals surface area contributed by atoms with Gasteiger partial charge in [0.05, 0.1) is 11.4 Å². The Bertz CT molecular complexity index is 598. The van der Waals surface area contributed by atoms with Crippen molar-refractivity contribution >= 4 is 17.2 Å². The molecular formula is C20H24ClN. The van der Waals surface area contributed by atoms with Crippen molar-refractivity contribution in [3.8, 4) is 24.1 Å². The standard InChI is InChI=1S/C15H14ClN.C3H8.C2H2/c1-3-11(2)14-9-13(16)10-15(17-14)12-7-5-4-6-8-12;1-3-2;1-2/h3-10H,1-2H3;3H2,1-2H3;1-2H/b11-3+;;. The number of halogens is 1. The number of aromatic nitrogens is 1. The normalized spacial score (nSPS) is 9.86. The van der Waals surface area contributed by atoms with Crippen molar-refractivity contribution in [2.45, 2.75) is 34.1 Å². The summed E-state index contributed by atoms with van der Waals surface area (Å²) in [5.74, 6) is 0. The molecule has 1 heterocycles. The third-order valence-corrected chi connectivity index (χ3v) is 2.91. The zero-order valence-electron chi connectivity index (χ0n) is 13.8. The summed E-state index contributed by atoms with van der Waals surface area (Å²) in [6.07, 6.45) is 11.3. The van der Waals surface area contributed by atoms with Crippen LogP contribution in [-0.2, 0) is 0 Å². The van der Waals surface area contributed by atoms with E-state index in [0.717, 1.165) is 27.5 Å². The van der Waals surface area contributed by atoms with Gasteiger partial charge in [0.15, 0.2) is 0 Å². The molecule has 0 amide bonds. The van der Waals surface area contributed by atoms with Crippen LogP contribution in [0.3, 0.4) is 0 Å². The molecule has 0 saturated carbocycles. The predicted molar refractivity (Wildman–Crippen MR) is 99.9 cm³/mol. The van der Waals surface area contributed by atoms with Crippen LogP contribution in [0.5, 0.6) is 0 Å². The van der Waals surface area contributed by atoms with Crippen molar-refractivity contribution in [3.05, 3.63) is 59.3 Å². The molecule has 1 aromatic carbocycles. The molecule has 0 spiro atoms. The fraction of sp³-hybridized carbons (Fsp3) is 0.250. The van der Waals surface area contributed by atoms with Gasteiger partial charge in [0.2, 0.25) is 0 Å². The Morgan fingerprint density at radius 2 is 1.68 bits per heavy atom. The molecule has 0 aliphatic heterocycles. The summed E-state index contributed by atoms with van der Waals surface area (Å²) in [5.41, 5.74) is 4.05. The lowest BCUT2D eigenvalue weighted by atomic mass is 10.1. The average molecular weight is 314 g/mol. The third-order valence-electron chi connectivity index (χ3n) is 2.70. The van der Waals surface area contributed by atoms with Crippen molar-refractivity contribution in [1.29, 1.82) is 0 Å². The summed E-state index contributed by atoms with van der Waals surface area (Å²) in [5, 5.41) is 0.718. The van der Waals surface area contributed by atoms with Crippen LogP contribution >= 0.6 is 11.6 Å². The van der Waals surface area contributed by atoms with Gasteiger partial charge in [0.25, 0.3) is 0 Å². The molecule has 0 aliphatic rings. The number of nitrogens with zero attached hydrogens (tertiary/aromatic N) is 1. The van der Waals surface area contributed by atoms with E-state index >= 15 is 0 Å². The molecule has 1 nitrogen and oxygen atoms in total. The largest absolute Gasteiger partial charge is 0.248 e. The monoisotopic (exact) mass is 313 g/mol. The highest BCUT2D eigenvalue weighted by atomic mass is 35.5. The van der Waals surface area contributed by atoms with Crippen LogP contribution in [0.15, 0.2) is 48.5 Å². The quantitative estimate of drug-likeness (QED) is 0.577. The fourth-order valence-corrected chi connectivity index (χ4v) is 1.81. The molecule has 0 bridgehead atoms. The maximum absolute atomic E-state index is 6.13. The van der Waals surface area contributed by atoms with E-state index in [-0.39, 0.29) is 0 Å². The number of hydrogen-bond acceptors (Lipinski definition) is 1. The molecule has 2 heteroatoms. The number of allylic oxidation sites excluding steroid dienone is 2. The lowest BCUT2D eigenvalue weighted by Gasteiger charge is -2.06. The van der Waals surface area contributed by atoms with Crippen LogP contribution in [0.2, 0.25) is 5.02 Å². The second-order valence-electron chi connectivity index (χ2n) is 4.60. The van der Waals surface area contributed by atoms with Gasteiger partial charge in [-0.2, -0.15) is 0 Å². The molecule has 2 aromatic rings. The summed E-state index contributed by atoms with van der Waals surface area (Å²) in [4.78, 5) is 4.62. The van der Waals surface area contributed by atoms with Crippen molar-refractivity contribution in [2.24, 2.45) is 0 Å². The first-order chi connectivity index (χ1) is 10.6. The smallest absolute Gasteiger partial charge is 0.0724 e. The zero-order chi connectivity index (χ0) is 17.0. The molecule has 0 N–H and O–H groups in total. The van der Waals surface area contributed by atoms with Crippen molar-refractivity contribution in [1.82, 2.24) is 4.98 Å². The molecule has 0 fully saturated rings. The fourth-order valence-electron chi connectivity index (χ4n) is 1.60. The van der Waals surface area contributed by atoms with Crippen LogP contribution in [0.25, 0.3) is 16.8 Å². The minimum atomic E-state index is 0.718. The summed E-state index contributed by atoms with van der Waals surface area (Å²) in [6.45, 7) is 8.29. The van der Waals surface area contributed by atoms with Gasteiger partial charge < -0.3 is 0 Å². The first-order valence-electron chi connectivity index (χ1n) is 7.32. The van der Waals surface area contributed by atoms with Gasteiger partial charge in [0, 0.05) is 10.6 Å². The maximum Gasteiger partial charge on any atom is 0.0724 e. The molecule has 0 aliphatic carbocycles. The van der Waals surface area contributed by atoms with E-state index in [1.807, 2.05) is 62.4 Å². The molecule has 0 saturated heterocycles. The Morgan fingerprint density at radius 1 is 1.14 bits per heavy atom. The highest BCUT2D eigenvalue weighted by Crippen LogP contribution is 2.24. The molecule has 22 heavy (non-hydrogen) atoms. The molecule has 1 aromatic heterocycles. The minimum Gasteiger partial charge on any atom is -0.248 e. The maximum atomic E-state index is 6.13. The molecule has 0 radical (unpaired) electrons. The first-order valence-corrected chi connectivity index (χ1v) is 7.69. The van der Waals surface area contributed by atoms with E-state index in [9.17, 15) is 0 Å². The van der Waals surface area contributed by atoms with Crippen LogP contribution in [0.4, 0.5) is 0 Å². The van der Waals surface area contributed by atoms with Gasteiger partial charge in [-0.25, -0.2) is 4.98 Å². The highest BCUT2D eigenvalue weighted by molar-refractivity contribution is 6.31. The summed E-state index contributed by atoms with van der Waals surface area (Å²) in [7, 11) is 0. The average Bonchev–Trinajstić information content (AvgIpc) is 2.57. The second kappa shape index (κ2) is 11.6. The van der Waals surface area contributed by atoms with Gasteiger partial charge in [-0.05, 0) is 31.6 Å². The molecule has 2 rings (SSSR count). The molecular weight excluding hydrogens is 290 g/mol. The lowest BCUT2D eigenvalue weighted by Crippen LogP contribution is -1.90. The van der Waals surface area contributed by atoms with Gasteiger partial charge in [-0.3, -0.25) is 0 Å². The van der Waals surface area contributed by atoms with Crippen molar-refractivity contribution < 1.29 is 0 Å². The van der Waals surface area contributed by atoms with Gasteiger partial charge in [-0.1, -0.05) is 68.3 Å². The van der Waals surface area contributed by atoms with Gasteiger partial charge >= 0.3 is 0 Å². The third kappa shape index (κ3) is 6.61. The Morgan fingerprint density at radius 3 is 2.18 bits per heavy atom.